The molecule has 26 heavy (non-hydrogen) atoms. The van der Waals surface area contributed by atoms with E-state index in [0.29, 0.717) is 12.2 Å². The normalized spacial score (nSPS) is 15.7. The zero-order valence-corrected chi connectivity index (χ0v) is 15.9. The van der Waals surface area contributed by atoms with Gasteiger partial charge >= 0.3 is 0 Å². The van der Waals surface area contributed by atoms with Gasteiger partial charge in [0, 0.05) is 49.7 Å². The van der Waals surface area contributed by atoms with E-state index in [4.69, 9.17) is 0 Å². The Kier molecular flexibility index (Phi) is 4.69. The fourth-order valence-corrected chi connectivity index (χ4v) is 4.13. The predicted molar refractivity (Wildman–Crippen MR) is 100 cm³/mol. The molecule has 7 nitrogen and oxygen atoms in total. The molecule has 4 rings (SSSR count). The molecule has 0 atom stereocenters. The molecule has 0 N–H and O–H groups in total. The minimum absolute atomic E-state index is 0.160. The van der Waals surface area contributed by atoms with Gasteiger partial charge in [-0.15, -0.1) is 0 Å². The van der Waals surface area contributed by atoms with Crippen molar-refractivity contribution >= 4 is 23.0 Å². The van der Waals surface area contributed by atoms with Crippen molar-refractivity contribution in [1.29, 1.82) is 0 Å². The third kappa shape index (κ3) is 3.34. The first-order chi connectivity index (χ1) is 12.6. The Bertz CT molecular complexity index is 911. The molecule has 0 spiro atoms. The van der Waals surface area contributed by atoms with Crippen LogP contribution in [0.1, 0.15) is 22.5 Å². The van der Waals surface area contributed by atoms with Gasteiger partial charge < -0.3 is 4.90 Å². The Morgan fingerprint density at radius 2 is 2.04 bits per heavy atom. The topological polar surface area (TPSA) is 66.6 Å². The predicted octanol–water partition coefficient (Wildman–Crippen LogP) is 1.69. The lowest BCUT2D eigenvalue weighted by molar-refractivity contribution is -0.132. The van der Waals surface area contributed by atoms with E-state index in [1.165, 1.54) is 11.9 Å². The van der Waals surface area contributed by atoms with E-state index in [1.807, 2.05) is 18.7 Å². The molecule has 0 aromatic carbocycles. The third-order valence-electron chi connectivity index (χ3n) is 5.03. The number of piperazine rings is 1. The van der Waals surface area contributed by atoms with Crippen LogP contribution in [0.2, 0.25) is 0 Å². The second-order valence-electron chi connectivity index (χ2n) is 6.70. The summed E-state index contributed by atoms with van der Waals surface area (Å²) in [5.74, 6) is 0.742. The smallest absolute Gasteiger partial charge is 0.252 e. The first kappa shape index (κ1) is 17.1. The van der Waals surface area contributed by atoms with Crippen molar-refractivity contribution < 1.29 is 4.79 Å². The molecule has 0 saturated carbocycles. The second kappa shape index (κ2) is 7.13. The Balaban J connectivity index is 1.40. The van der Waals surface area contributed by atoms with E-state index >= 15 is 0 Å². The van der Waals surface area contributed by atoms with E-state index in [-0.39, 0.29) is 5.91 Å². The highest BCUT2D eigenvalue weighted by Crippen LogP contribution is 2.16. The van der Waals surface area contributed by atoms with Crippen LogP contribution in [0, 0.1) is 13.8 Å². The number of aromatic nitrogens is 4. The van der Waals surface area contributed by atoms with Gasteiger partial charge in [-0.3, -0.25) is 9.69 Å². The lowest BCUT2D eigenvalue weighted by Gasteiger charge is -2.34. The summed E-state index contributed by atoms with van der Waals surface area (Å²) in [5, 5.41) is 8.50. The third-order valence-corrected chi connectivity index (χ3v) is 5.76. The molecule has 1 aliphatic heterocycles. The molecular formula is C18H22N6OS. The number of thiophene rings is 1. The molecule has 136 valence electrons. The number of carbonyl (C=O) groups excluding carboxylic acids is 1. The van der Waals surface area contributed by atoms with Gasteiger partial charge in [0.25, 0.3) is 5.78 Å². The van der Waals surface area contributed by atoms with E-state index in [2.05, 4.69) is 36.8 Å². The van der Waals surface area contributed by atoms with Crippen LogP contribution in [0.5, 0.6) is 0 Å². The summed E-state index contributed by atoms with van der Waals surface area (Å²) in [6, 6.07) is 2.17. The highest BCUT2D eigenvalue weighted by molar-refractivity contribution is 7.07. The van der Waals surface area contributed by atoms with Crippen molar-refractivity contribution in [3.63, 3.8) is 0 Å². The lowest BCUT2D eigenvalue weighted by Crippen LogP contribution is -2.48. The Labute approximate surface area is 156 Å². The van der Waals surface area contributed by atoms with E-state index < -0.39 is 0 Å². The average Bonchev–Trinajstić information content (AvgIpc) is 3.31. The maximum Gasteiger partial charge on any atom is 0.252 e. The van der Waals surface area contributed by atoms with Gasteiger partial charge in [0.1, 0.15) is 6.33 Å². The molecule has 1 saturated heterocycles. The van der Waals surface area contributed by atoms with Crippen molar-refractivity contribution in [2.24, 2.45) is 0 Å². The number of amides is 1. The summed E-state index contributed by atoms with van der Waals surface area (Å²) in [5.41, 5.74) is 4.10. The number of hydrogen-bond acceptors (Lipinski definition) is 6. The van der Waals surface area contributed by atoms with Crippen LogP contribution in [0.25, 0.3) is 5.78 Å². The van der Waals surface area contributed by atoms with Crippen LogP contribution in [0.4, 0.5) is 0 Å². The number of nitrogens with zero attached hydrogens (tertiary/aromatic N) is 6. The second-order valence-corrected chi connectivity index (χ2v) is 7.48. The number of hydrogen-bond donors (Lipinski definition) is 0. The molecule has 0 aliphatic carbocycles. The maximum atomic E-state index is 12.8. The van der Waals surface area contributed by atoms with Crippen molar-refractivity contribution in [2.45, 2.75) is 26.8 Å². The van der Waals surface area contributed by atoms with Gasteiger partial charge in [-0.2, -0.15) is 21.4 Å². The van der Waals surface area contributed by atoms with Gasteiger partial charge in [0.05, 0.1) is 6.42 Å². The van der Waals surface area contributed by atoms with Crippen molar-refractivity contribution in [1.82, 2.24) is 29.4 Å². The molecule has 1 amide bonds. The van der Waals surface area contributed by atoms with Crippen molar-refractivity contribution in [2.75, 3.05) is 26.2 Å². The molecule has 0 bridgehead atoms. The minimum atomic E-state index is 0.160. The quantitative estimate of drug-likeness (QED) is 0.699. The van der Waals surface area contributed by atoms with Gasteiger partial charge in [-0.25, -0.2) is 9.50 Å². The Morgan fingerprint density at radius 3 is 2.77 bits per heavy atom. The first-order valence-corrected chi connectivity index (χ1v) is 9.73. The van der Waals surface area contributed by atoms with Gasteiger partial charge in [-0.1, -0.05) is 0 Å². The van der Waals surface area contributed by atoms with Crippen LogP contribution >= 0.6 is 11.3 Å². The van der Waals surface area contributed by atoms with Crippen LogP contribution in [-0.2, 0) is 17.8 Å². The van der Waals surface area contributed by atoms with Crippen LogP contribution < -0.4 is 0 Å². The van der Waals surface area contributed by atoms with Gasteiger partial charge in [0.15, 0.2) is 0 Å². The maximum absolute atomic E-state index is 12.8. The van der Waals surface area contributed by atoms with Crippen LogP contribution in [0.3, 0.4) is 0 Å². The fourth-order valence-electron chi connectivity index (χ4n) is 3.47. The summed E-state index contributed by atoms with van der Waals surface area (Å²) in [6.07, 6.45) is 1.86. The molecular weight excluding hydrogens is 348 g/mol. The van der Waals surface area contributed by atoms with Gasteiger partial charge in [-0.05, 0) is 36.2 Å². The molecule has 3 aromatic rings. The zero-order valence-electron chi connectivity index (χ0n) is 15.1. The van der Waals surface area contributed by atoms with E-state index in [0.717, 1.165) is 49.7 Å². The van der Waals surface area contributed by atoms with Crippen molar-refractivity contribution in [3.8, 4) is 0 Å². The molecule has 1 aliphatic rings. The Hall–Kier alpha value is -2.32. The number of carbonyl (C=O) groups is 1. The van der Waals surface area contributed by atoms with Crippen molar-refractivity contribution in [3.05, 3.63) is 45.7 Å². The van der Waals surface area contributed by atoms with E-state index in [9.17, 15) is 4.79 Å². The number of rotatable bonds is 4. The SMILES string of the molecule is Cc1nc2ncnn2c(C)c1CC(=O)N1CCN(Cc2ccsc2)CC1. The summed E-state index contributed by atoms with van der Waals surface area (Å²) in [7, 11) is 0. The lowest BCUT2D eigenvalue weighted by atomic mass is 10.1. The van der Waals surface area contributed by atoms with Crippen LogP contribution in [-0.4, -0.2) is 61.5 Å². The van der Waals surface area contributed by atoms with Crippen LogP contribution in [0.15, 0.2) is 23.2 Å². The average molecular weight is 370 g/mol. The minimum Gasteiger partial charge on any atom is -0.340 e. The molecule has 4 heterocycles. The monoisotopic (exact) mass is 370 g/mol. The molecule has 0 unspecified atom stereocenters. The number of aryl methyl sites for hydroxylation is 2. The van der Waals surface area contributed by atoms with Gasteiger partial charge in [0.2, 0.25) is 5.91 Å². The zero-order chi connectivity index (χ0) is 18.1. The molecule has 1 fully saturated rings. The summed E-state index contributed by atoms with van der Waals surface area (Å²) >= 11 is 1.73. The summed E-state index contributed by atoms with van der Waals surface area (Å²) < 4.78 is 1.70. The largest absolute Gasteiger partial charge is 0.340 e. The highest BCUT2D eigenvalue weighted by Gasteiger charge is 2.23. The van der Waals surface area contributed by atoms with E-state index in [1.54, 1.807) is 15.9 Å². The highest BCUT2D eigenvalue weighted by atomic mass is 32.1. The molecule has 0 radical (unpaired) electrons. The fraction of sp³-hybridized carbons (Fsp3) is 0.444. The Morgan fingerprint density at radius 1 is 1.23 bits per heavy atom. The summed E-state index contributed by atoms with van der Waals surface area (Å²) in [6.45, 7) is 8.26. The summed E-state index contributed by atoms with van der Waals surface area (Å²) in [4.78, 5) is 25.8. The number of fused-ring (bicyclic) bond motifs is 1. The first-order valence-electron chi connectivity index (χ1n) is 8.79. The standard InChI is InChI=1S/C18H22N6OS/c1-13-16(14(2)24-18(21-13)19-12-20-24)9-17(25)23-6-4-22(5-7-23)10-15-3-8-26-11-15/h3,8,11-12H,4-7,9-10H2,1-2H3. The molecule has 3 aromatic heterocycles. The molecule has 8 heteroatoms.